The molecule has 0 bridgehead atoms. The Balaban J connectivity index is -0.000000200. The second-order valence-corrected chi connectivity index (χ2v) is 6.36. The van der Waals surface area contributed by atoms with Gasteiger partial charge in [-0.25, -0.2) is 0 Å². The Morgan fingerprint density at radius 2 is 1.53 bits per heavy atom. The largest absolute Gasteiger partial charge is 0.772 e. The van der Waals surface area contributed by atoms with Crippen molar-refractivity contribution in [3.63, 3.8) is 0 Å². The topological polar surface area (TPSA) is 80.3 Å². The summed E-state index contributed by atoms with van der Waals surface area (Å²) in [6, 6.07) is 0. The molecule has 4 nitrogen and oxygen atoms in total. The van der Waals surface area contributed by atoms with Gasteiger partial charge in [-0.15, -0.1) is 0 Å². The van der Waals surface area contributed by atoms with Gasteiger partial charge in [0.05, 0.1) is 17.4 Å². The van der Waals surface area contributed by atoms with Gasteiger partial charge in [0.2, 0.25) is 0 Å². The Kier molecular flexibility index (Phi) is 35.7. The van der Waals surface area contributed by atoms with Crippen LogP contribution < -0.4 is 9.79 Å². The molecule has 7 heteroatoms. The van der Waals surface area contributed by atoms with Crippen molar-refractivity contribution < 1.29 is 57.7 Å². The predicted octanol–water partition coefficient (Wildman–Crippen LogP) is 2.42. The maximum Gasteiger partial charge on any atom is 0.0642 e. The molecule has 0 aromatic rings. The number of unbranched alkanes of at least 4 members (excludes halogenated alkanes) is 3. The second kappa shape index (κ2) is 24.6. The molecule has 87 valence electrons. The molecule has 0 radical (unpaired) electrons. The number of hydrogen-bond acceptors (Lipinski definition) is 4. The first kappa shape index (κ1) is 21.7. The molecule has 0 amide bonds. The third kappa shape index (κ3) is 50.3. The molecule has 0 N–H and O–H groups in total. The monoisotopic (exact) mass is 381 g/mol. The van der Waals surface area contributed by atoms with E-state index in [9.17, 15) is 0 Å². The SMILES string of the molecule is CCCCCC[CH](C)[Nd+2].O=P[O-].O=P[O-]. The van der Waals surface area contributed by atoms with E-state index in [0.717, 1.165) is 1.57 Å². The molecule has 0 aromatic carbocycles. The van der Waals surface area contributed by atoms with E-state index in [1.807, 2.05) is 0 Å². The molecule has 15 heavy (non-hydrogen) atoms. The average molecular weight is 383 g/mol. The van der Waals surface area contributed by atoms with Gasteiger partial charge in [-0.3, -0.25) is 9.13 Å². The molecule has 0 aromatic heterocycles. The fourth-order valence-corrected chi connectivity index (χ4v) is 1.53. The van der Waals surface area contributed by atoms with Crippen LogP contribution in [0.3, 0.4) is 0 Å². The third-order valence-corrected chi connectivity index (χ3v) is 2.42. The van der Waals surface area contributed by atoms with Crippen molar-refractivity contribution in [3.8, 4) is 0 Å². The molecule has 0 heterocycles. The molecular weight excluding hydrogens is 366 g/mol. The minimum atomic E-state index is -1.08. The van der Waals surface area contributed by atoms with E-state index < -0.39 is 17.4 Å². The molecule has 0 saturated carbocycles. The fourth-order valence-electron chi connectivity index (χ4n) is 0.877. The third-order valence-electron chi connectivity index (χ3n) is 1.49. The van der Waals surface area contributed by atoms with E-state index in [-0.39, 0.29) is 0 Å². The van der Waals surface area contributed by atoms with Crippen molar-refractivity contribution in [2.75, 3.05) is 0 Å². The first-order valence-electron chi connectivity index (χ1n) is 4.71. The first-order chi connectivity index (χ1) is 7.10. The molecule has 0 fully saturated rings. The summed E-state index contributed by atoms with van der Waals surface area (Å²) in [4.78, 5) is 16.7. The molecule has 0 spiro atoms. The summed E-state index contributed by atoms with van der Waals surface area (Å²) in [5.41, 5.74) is 0. The fraction of sp³-hybridized carbons (Fsp3) is 1.00. The van der Waals surface area contributed by atoms with Crippen LogP contribution in [0.5, 0.6) is 0 Å². The van der Waals surface area contributed by atoms with Crippen LogP contribution in [0, 0.1) is 38.8 Å². The summed E-state index contributed by atoms with van der Waals surface area (Å²) in [5, 5.41) is 0. The van der Waals surface area contributed by atoms with E-state index in [0.29, 0.717) is 0 Å². The van der Waals surface area contributed by atoms with Crippen LogP contribution in [0.1, 0.15) is 46.0 Å². The van der Waals surface area contributed by atoms with Gasteiger partial charge < -0.3 is 9.79 Å². The van der Waals surface area contributed by atoms with Crippen molar-refractivity contribution in [1.29, 1.82) is 0 Å². The van der Waals surface area contributed by atoms with Gasteiger partial charge in [-0.2, -0.15) is 0 Å². The zero-order valence-electron chi connectivity index (χ0n) is 9.14. The Morgan fingerprint density at radius 1 is 1.13 bits per heavy atom. The summed E-state index contributed by atoms with van der Waals surface area (Å²) in [6.07, 6.45) is 7.22. The van der Waals surface area contributed by atoms with Crippen LogP contribution in [0.4, 0.5) is 0 Å². The molecule has 0 aliphatic heterocycles. The van der Waals surface area contributed by atoms with Crippen LogP contribution in [-0.4, -0.2) is 0 Å². The Labute approximate surface area is 121 Å². The van der Waals surface area contributed by atoms with Crippen molar-refractivity contribution in [2.24, 2.45) is 0 Å². The number of hydrogen-bond donors (Lipinski definition) is 0. The minimum absolute atomic E-state index is 1.04. The smallest absolute Gasteiger partial charge is 0.0642 e. The Hall–Kier alpha value is 1.47. The van der Waals surface area contributed by atoms with E-state index >= 15 is 0 Å². The second-order valence-electron chi connectivity index (χ2n) is 2.90. The van der Waals surface area contributed by atoms with Crippen molar-refractivity contribution >= 4 is 17.4 Å². The van der Waals surface area contributed by atoms with E-state index in [1.165, 1.54) is 70.9 Å². The molecule has 0 aliphatic carbocycles. The summed E-state index contributed by atoms with van der Waals surface area (Å²) >= 11 is 1.39. The Bertz CT molecular complexity index is 119. The van der Waals surface area contributed by atoms with Gasteiger partial charge >= 0.3 is 86.3 Å². The van der Waals surface area contributed by atoms with Crippen LogP contribution in [0.2, 0.25) is 1.57 Å². The molecule has 0 saturated heterocycles. The van der Waals surface area contributed by atoms with Gasteiger partial charge in [-0.1, -0.05) is 0 Å². The van der Waals surface area contributed by atoms with Gasteiger partial charge in [0.25, 0.3) is 0 Å². The van der Waals surface area contributed by atoms with E-state index in [2.05, 4.69) is 13.8 Å². The van der Waals surface area contributed by atoms with Gasteiger partial charge in [0, 0.05) is 0 Å². The zero-order chi connectivity index (χ0) is 12.5. The molecular formula is C8H17NdO4P2. The molecule has 1 unspecified atom stereocenters. The van der Waals surface area contributed by atoms with Gasteiger partial charge in [0.15, 0.2) is 0 Å². The summed E-state index contributed by atoms with van der Waals surface area (Å²) in [7, 11) is -2.17. The summed E-state index contributed by atoms with van der Waals surface area (Å²) < 4.78 is 17.7. The van der Waals surface area contributed by atoms with Crippen LogP contribution in [-0.2, 0) is 9.13 Å². The number of rotatable bonds is 5. The normalized spacial score (nSPS) is 11.1. The van der Waals surface area contributed by atoms with Gasteiger partial charge in [0.1, 0.15) is 0 Å². The van der Waals surface area contributed by atoms with Crippen molar-refractivity contribution in [3.05, 3.63) is 0 Å². The van der Waals surface area contributed by atoms with E-state index in [1.54, 1.807) is 0 Å². The summed E-state index contributed by atoms with van der Waals surface area (Å²) in [6.45, 7) is 4.63. The molecule has 0 rings (SSSR count). The molecule has 0 aliphatic rings. The summed E-state index contributed by atoms with van der Waals surface area (Å²) in [5.74, 6) is 0. The standard InChI is InChI=1S/C8H17.Nd.2HO2P/c1-3-5-7-8-6-4-2;;2*1-3-2/h3H,4-8H2,1-2H3;;2*(H,1,2)/q;+2;;/p-2. The van der Waals surface area contributed by atoms with Crippen LogP contribution >= 0.6 is 17.4 Å². The predicted molar refractivity (Wildman–Crippen MR) is 53.4 cm³/mol. The van der Waals surface area contributed by atoms with Crippen molar-refractivity contribution in [1.82, 2.24) is 0 Å². The minimum Gasteiger partial charge on any atom is -0.772 e. The van der Waals surface area contributed by atoms with E-state index in [4.69, 9.17) is 18.9 Å². The van der Waals surface area contributed by atoms with Crippen molar-refractivity contribution in [2.45, 2.75) is 47.5 Å². The van der Waals surface area contributed by atoms with Crippen LogP contribution in [0.25, 0.3) is 0 Å². The zero-order valence-corrected chi connectivity index (χ0v) is 14.1. The maximum absolute atomic E-state index is 8.35. The van der Waals surface area contributed by atoms with Crippen LogP contribution in [0.15, 0.2) is 0 Å². The van der Waals surface area contributed by atoms with Gasteiger partial charge in [-0.05, 0) is 0 Å². The Morgan fingerprint density at radius 3 is 1.80 bits per heavy atom. The maximum atomic E-state index is 8.35. The first-order valence-corrected chi connectivity index (χ1v) is 8.02. The average Bonchev–Trinajstić information content (AvgIpc) is 2.15. The quantitative estimate of drug-likeness (QED) is 0.539. The molecule has 1 atom stereocenters.